The standard InChI is InChI=1S/C13H28N4S.HI/c1-5-17-8-6-7-11(17)9-15-12(14)16-10-13(2,3)18-4;/h11H,5-10H2,1-4H3,(H3,14,15,16);1H. The first-order valence-electron chi connectivity index (χ1n) is 6.81. The van der Waals surface area contributed by atoms with E-state index in [1.807, 2.05) is 11.8 Å². The summed E-state index contributed by atoms with van der Waals surface area (Å²) in [6.07, 6.45) is 4.68. The summed E-state index contributed by atoms with van der Waals surface area (Å²) in [7, 11) is 0. The Labute approximate surface area is 139 Å². The molecule has 1 rings (SSSR count). The highest BCUT2D eigenvalue weighted by Gasteiger charge is 2.22. The maximum absolute atomic E-state index is 5.91. The quantitative estimate of drug-likeness (QED) is 0.408. The number of likely N-dealkylation sites (N-methyl/N-ethyl adjacent to an activating group) is 1. The zero-order valence-electron chi connectivity index (χ0n) is 12.6. The molecule has 0 aliphatic carbocycles. The number of nitrogens with zero attached hydrogens (tertiary/aromatic N) is 2. The molecule has 0 aromatic carbocycles. The molecular weight excluding hydrogens is 371 g/mol. The lowest BCUT2D eigenvalue weighted by Crippen LogP contribution is -2.43. The summed E-state index contributed by atoms with van der Waals surface area (Å²) in [5, 5.41) is 3.26. The van der Waals surface area contributed by atoms with Crippen molar-refractivity contribution in [3.63, 3.8) is 0 Å². The van der Waals surface area contributed by atoms with Gasteiger partial charge in [-0.05, 0) is 46.0 Å². The second-order valence-corrected chi connectivity index (χ2v) is 6.98. The highest BCUT2D eigenvalue weighted by Crippen LogP contribution is 2.21. The fourth-order valence-corrected chi connectivity index (χ4v) is 2.35. The molecule has 0 radical (unpaired) electrons. The zero-order valence-corrected chi connectivity index (χ0v) is 15.8. The summed E-state index contributed by atoms with van der Waals surface area (Å²) in [5.41, 5.74) is 5.91. The van der Waals surface area contributed by atoms with Crippen LogP contribution in [0, 0.1) is 0 Å². The highest BCUT2D eigenvalue weighted by atomic mass is 127. The number of aliphatic imine (C=N–C) groups is 1. The van der Waals surface area contributed by atoms with Crippen molar-refractivity contribution >= 4 is 41.7 Å². The van der Waals surface area contributed by atoms with Crippen molar-refractivity contribution in [2.45, 2.75) is 44.4 Å². The van der Waals surface area contributed by atoms with Crippen LogP contribution in [0.5, 0.6) is 0 Å². The monoisotopic (exact) mass is 400 g/mol. The molecule has 0 bridgehead atoms. The Morgan fingerprint density at radius 1 is 1.53 bits per heavy atom. The largest absolute Gasteiger partial charge is 0.370 e. The molecule has 1 fully saturated rings. The molecule has 6 heteroatoms. The van der Waals surface area contributed by atoms with Crippen LogP contribution in [0.15, 0.2) is 4.99 Å². The molecule has 3 N–H and O–H groups in total. The Morgan fingerprint density at radius 2 is 2.21 bits per heavy atom. The van der Waals surface area contributed by atoms with Crippen LogP contribution >= 0.6 is 35.7 Å². The van der Waals surface area contributed by atoms with E-state index in [1.54, 1.807) is 0 Å². The van der Waals surface area contributed by atoms with Gasteiger partial charge < -0.3 is 11.1 Å². The van der Waals surface area contributed by atoms with E-state index in [2.05, 4.69) is 42.2 Å². The fourth-order valence-electron chi connectivity index (χ4n) is 2.16. The fraction of sp³-hybridized carbons (Fsp3) is 0.923. The summed E-state index contributed by atoms with van der Waals surface area (Å²) in [5.74, 6) is 0.583. The minimum atomic E-state index is 0. The molecule has 1 saturated heterocycles. The molecule has 0 amide bonds. The zero-order chi connectivity index (χ0) is 13.6. The van der Waals surface area contributed by atoms with Crippen LogP contribution in [-0.2, 0) is 0 Å². The topological polar surface area (TPSA) is 53.6 Å². The number of nitrogens with one attached hydrogen (secondary N) is 1. The average molecular weight is 400 g/mol. The number of halogens is 1. The Morgan fingerprint density at radius 3 is 2.79 bits per heavy atom. The molecule has 0 spiro atoms. The van der Waals surface area contributed by atoms with Crippen molar-refractivity contribution in [1.29, 1.82) is 0 Å². The maximum Gasteiger partial charge on any atom is 0.188 e. The number of thioether (sulfide) groups is 1. The Hall–Kier alpha value is 0.310. The second-order valence-electron chi connectivity index (χ2n) is 5.47. The summed E-state index contributed by atoms with van der Waals surface area (Å²) in [6, 6.07) is 0.623. The molecule has 0 saturated carbocycles. The van der Waals surface area contributed by atoms with E-state index in [0.29, 0.717) is 12.0 Å². The van der Waals surface area contributed by atoms with Crippen molar-refractivity contribution in [3.05, 3.63) is 0 Å². The lowest BCUT2D eigenvalue weighted by molar-refractivity contribution is 0.267. The Kier molecular flexibility index (Phi) is 9.43. The van der Waals surface area contributed by atoms with Gasteiger partial charge >= 0.3 is 0 Å². The molecule has 1 aliphatic heterocycles. The third kappa shape index (κ3) is 7.04. The van der Waals surface area contributed by atoms with Crippen molar-refractivity contribution in [1.82, 2.24) is 10.2 Å². The summed E-state index contributed by atoms with van der Waals surface area (Å²) in [4.78, 5) is 6.93. The van der Waals surface area contributed by atoms with Gasteiger partial charge in [-0.15, -0.1) is 24.0 Å². The van der Waals surface area contributed by atoms with Gasteiger partial charge in [0.1, 0.15) is 0 Å². The van der Waals surface area contributed by atoms with Crippen LogP contribution in [0.4, 0.5) is 0 Å². The van der Waals surface area contributed by atoms with Gasteiger partial charge in [0.05, 0.1) is 6.54 Å². The lowest BCUT2D eigenvalue weighted by atomic mass is 10.2. The lowest BCUT2D eigenvalue weighted by Gasteiger charge is -2.23. The molecular formula is C13H29IN4S. The van der Waals surface area contributed by atoms with Crippen LogP contribution in [0.2, 0.25) is 0 Å². The number of rotatable bonds is 6. The molecule has 1 aliphatic rings. The number of hydrogen-bond donors (Lipinski definition) is 2. The third-order valence-corrected chi connectivity index (χ3v) is 4.84. The summed E-state index contributed by atoms with van der Waals surface area (Å²) < 4.78 is 0.162. The van der Waals surface area contributed by atoms with E-state index < -0.39 is 0 Å². The first-order valence-corrected chi connectivity index (χ1v) is 8.04. The van der Waals surface area contributed by atoms with Crippen LogP contribution in [-0.4, -0.2) is 54.1 Å². The predicted molar refractivity (Wildman–Crippen MR) is 97.8 cm³/mol. The maximum atomic E-state index is 5.91. The smallest absolute Gasteiger partial charge is 0.188 e. The molecule has 1 heterocycles. The Bertz CT molecular complexity index is 284. The van der Waals surface area contributed by atoms with Crippen LogP contribution < -0.4 is 11.1 Å². The molecule has 1 unspecified atom stereocenters. The van der Waals surface area contributed by atoms with E-state index in [4.69, 9.17) is 5.73 Å². The van der Waals surface area contributed by atoms with E-state index in [0.717, 1.165) is 19.6 Å². The molecule has 114 valence electrons. The third-order valence-electron chi connectivity index (χ3n) is 3.61. The molecule has 4 nitrogen and oxygen atoms in total. The van der Waals surface area contributed by atoms with Gasteiger partial charge in [0.15, 0.2) is 5.96 Å². The number of hydrogen-bond acceptors (Lipinski definition) is 3. The molecule has 0 aromatic heterocycles. The van der Waals surface area contributed by atoms with Crippen LogP contribution in [0.25, 0.3) is 0 Å². The highest BCUT2D eigenvalue weighted by molar-refractivity contribution is 14.0. The van der Waals surface area contributed by atoms with E-state index in [-0.39, 0.29) is 28.7 Å². The predicted octanol–water partition coefficient (Wildman–Crippen LogP) is 2.13. The van der Waals surface area contributed by atoms with Crippen molar-refractivity contribution in [3.8, 4) is 0 Å². The minimum absolute atomic E-state index is 0. The van der Waals surface area contributed by atoms with Crippen LogP contribution in [0.3, 0.4) is 0 Å². The van der Waals surface area contributed by atoms with E-state index in [1.165, 1.54) is 19.4 Å². The number of likely N-dealkylation sites (tertiary alicyclic amines) is 1. The second kappa shape index (κ2) is 9.28. The van der Waals surface area contributed by atoms with Gasteiger partial charge in [0.25, 0.3) is 0 Å². The number of guanidine groups is 1. The van der Waals surface area contributed by atoms with Gasteiger partial charge in [0.2, 0.25) is 0 Å². The van der Waals surface area contributed by atoms with Crippen molar-refractivity contribution in [2.75, 3.05) is 32.4 Å². The molecule has 0 aromatic rings. The van der Waals surface area contributed by atoms with E-state index in [9.17, 15) is 0 Å². The number of nitrogens with two attached hydrogens (primary N) is 1. The molecule has 1 atom stereocenters. The summed E-state index contributed by atoms with van der Waals surface area (Å²) in [6.45, 7) is 10.6. The van der Waals surface area contributed by atoms with Gasteiger partial charge in [-0.3, -0.25) is 9.89 Å². The van der Waals surface area contributed by atoms with Gasteiger partial charge in [-0.1, -0.05) is 6.92 Å². The minimum Gasteiger partial charge on any atom is -0.370 e. The SMILES string of the molecule is CCN1CCCC1CNC(N)=NCC(C)(C)SC.I. The van der Waals surface area contributed by atoms with Crippen LogP contribution in [0.1, 0.15) is 33.6 Å². The molecule has 19 heavy (non-hydrogen) atoms. The summed E-state index contributed by atoms with van der Waals surface area (Å²) >= 11 is 1.82. The van der Waals surface area contributed by atoms with E-state index >= 15 is 0 Å². The normalized spacial score (nSPS) is 21.3. The van der Waals surface area contributed by atoms with Gasteiger partial charge in [-0.2, -0.15) is 11.8 Å². The Balaban J connectivity index is 0.00000324. The van der Waals surface area contributed by atoms with Gasteiger partial charge in [-0.25, -0.2) is 0 Å². The first kappa shape index (κ1) is 19.3. The van der Waals surface area contributed by atoms with Gasteiger partial charge in [0, 0.05) is 17.3 Å². The van der Waals surface area contributed by atoms with Crippen molar-refractivity contribution in [2.24, 2.45) is 10.7 Å². The first-order chi connectivity index (χ1) is 8.48. The van der Waals surface area contributed by atoms with Crippen molar-refractivity contribution < 1.29 is 0 Å². The average Bonchev–Trinajstić information content (AvgIpc) is 2.81.